The lowest BCUT2D eigenvalue weighted by atomic mass is 10.1. The van der Waals surface area contributed by atoms with Gasteiger partial charge >= 0.3 is 12.0 Å². The van der Waals surface area contributed by atoms with Crippen molar-refractivity contribution in [2.45, 2.75) is 51.6 Å². The van der Waals surface area contributed by atoms with Crippen molar-refractivity contribution in [3.05, 3.63) is 28.8 Å². The lowest BCUT2D eigenvalue weighted by Gasteiger charge is -2.21. The molecule has 4 N–H and O–H groups in total. The fourth-order valence-corrected chi connectivity index (χ4v) is 3.08. The Morgan fingerprint density at radius 3 is 2.46 bits per heavy atom. The number of amides is 3. The number of aliphatic carboxylic acids is 1. The minimum atomic E-state index is -0.837. The highest BCUT2D eigenvalue weighted by atomic mass is 35.5. The molecule has 0 aliphatic heterocycles. The van der Waals surface area contributed by atoms with Gasteiger partial charge in [-0.25, -0.2) is 4.79 Å². The van der Waals surface area contributed by atoms with Crippen LogP contribution in [-0.2, 0) is 4.79 Å². The number of carboxylic acid groups (broad SMARTS) is 1. The van der Waals surface area contributed by atoms with Crippen LogP contribution in [-0.4, -0.2) is 34.6 Å². The molecule has 0 heterocycles. The van der Waals surface area contributed by atoms with E-state index in [-0.39, 0.29) is 34.1 Å². The van der Waals surface area contributed by atoms with Gasteiger partial charge in [0.1, 0.15) is 0 Å². The zero-order chi connectivity index (χ0) is 19.5. The maximum atomic E-state index is 12.5. The lowest BCUT2D eigenvalue weighted by Crippen LogP contribution is -2.43. The number of nitrogens with one attached hydrogen (secondary N) is 3. The van der Waals surface area contributed by atoms with Gasteiger partial charge in [-0.2, -0.15) is 0 Å². The Bertz CT molecular complexity index is 715. The Morgan fingerprint density at radius 2 is 1.88 bits per heavy atom. The van der Waals surface area contributed by atoms with E-state index in [0.717, 1.165) is 0 Å². The second-order valence-electron chi connectivity index (χ2n) is 7.54. The van der Waals surface area contributed by atoms with Crippen LogP contribution >= 0.6 is 11.6 Å². The van der Waals surface area contributed by atoms with E-state index in [1.165, 1.54) is 12.1 Å². The molecule has 1 aromatic rings. The van der Waals surface area contributed by atoms with Gasteiger partial charge in [-0.1, -0.05) is 11.6 Å². The third-order valence-corrected chi connectivity index (χ3v) is 4.40. The highest BCUT2D eigenvalue weighted by Crippen LogP contribution is 2.27. The first-order valence-electron chi connectivity index (χ1n) is 8.47. The van der Waals surface area contributed by atoms with E-state index in [4.69, 9.17) is 16.7 Å². The molecule has 0 aromatic heterocycles. The van der Waals surface area contributed by atoms with E-state index in [1.54, 1.807) is 6.07 Å². The molecule has 2 rings (SSSR count). The summed E-state index contributed by atoms with van der Waals surface area (Å²) >= 11 is 6.12. The fourth-order valence-electron chi connectivity index (χ4n) is 2.88. The molecule has 0 unspecified atom stereocenters. The summed E-state index contributed by atoms with van der Waals surface area (Å²) in [6, 6.07) is 4.07. The van der Waals surface area contributed by atoms with Crippen LogP contribution in [0.5, 0.6) is 0 Å². The molecular weight excluding hydrogens is 358 g/mol. The number of carboxylic acids is 1. The van der Waals surface area contributed by atoms with Crippen LogP contribution in [0.25, 0.3) is 0 Å². The van der Waals surface area contributed by atoms with E-state index in [9.17, 15) is 14.4 Å². The zero-order valence-electron chi connectivity index (χ0n) is 15.1. The standard InChI is InChI=1S/C18H24ClN3O4/c1-18(2,3)22-17(26)21-12-6-7-14(19)13(9-12)15(23)20-11-5-4-10(8-11)16(24)25/h6-7,9-11H,4-5,8H2,1-3H3,(H,20,23)(H,24,25)(H2,21,22,26)/t10-,11+/m0/s1. The molecule has 8 heteroatoms. The minimum absolute atomic E-state index is 0.194. The molecule has 142 valence electrons. The van der Waals surface area contributed by atoms with Crippen LogP contribution in [0, 0.1) is 5.92 Å². The molecule has 1 aliphatic carbocycles. The van der Waals surface area contributed by atoms with Gasteiger partial charge in [-0.3, -0.25) is 9.59 Å². The molecule has 7 nitrogen and oxygen atoms in total. The SMILES string of the molecule is CC(C)(C)NC(=O)Nc1ccc(Cl)c(C(=O)N[C@@H]2CC[C@H](C(=O)O)C2)c1. The second kappa shape index (κ2) is 7.95. The van der Waals surface area contributed by atoms with Crippen molar-refractivity contribution in [3.8, 4) is 0 Å². The number of hydrogen-bond acceptors (Lipinski definition) is 3. The number of benzene rings is 1. The normalized spacial score (nSPS) is 19.7. The number of anilines is 1. The van der Waals surface area contributed by atoms with Crippen molar-refractivity contribution < 1.29 is 19.5 Å². The summed E-state index contributed by atoms with van der Waals surface area (Å²) in [4.78, 5) is 35.5. The molecule has 2 atom stereocenters. The summed E-state index contributed by atoms with van der Waals surface area (Å²) in [6.45, 7) is 5.58. The molecule has 26 heavy (non-hydrogen) atoms. The van der Waals surface area contributed by atoms with Crippen LogP contribution in [0.2, 0.25) is 5.02 Å². The summed E-state index contributed by atoms with van der Waals surface area (Å²) in [6.07, 6.45) is 1.57. The molecule has 3 amide bonds. The lowest BCUT2D eigenvalue weighted by molar-refractivity contribution is -0.141. The number of hydrogen-bond donors (Lipinski definition) is 4. The van der Waals surface area contributed by atoms with E-state index >= 15 is 0 Å². The predicted octanol–water partition coefficient (Wildman–Crippen LogP) is 3.24. The molecule has 0 radical (unpaired) electrons. The van der Waals surface area contributed by atoms with E-state index in [1.807, 2.05) is 20.8 Å². The Hall–Kier alpha value is -2.28. The average Bonchev–Trinajstić information content (AvgIpc) is 2.96. The number of urea groups is 1. The van der Waals surface area contributed by atoms with E-state index in [0.29, 0.717) is 24.9 Å². The second-order valence-corrected chi connectivity index (χ2v) is 7.95. The van der Waals surface area contributed by atoms with Crippen LogP contribution in [0.1, 0.15) is 50.4 Å². The van der Waals surface area contributed by atoms with Crippen molar-refractivity contribution in [2.75, 3.05) is 5.32 Å². The van der Waals surface area contributed by atoms with Crippen LogP contribution in [0.4, 0.5) is 10.5 Å². The quantitative estimate of drug-likeness (QED) is 0.642. The molecule has 1 aromatic carbocycles. The van der Waals surface area contributed by atoms with Crippen molar-refractivity contribution in [3.63, 3.8) is 0 Å². The number of carbonyl (C=O) groups excluding carboxylic acids is 2. The highest BCUT2D eigenvalue weighted by molar-refractivity contribution is 6.34. The number of rotatable bonds is 4. The molecule has 0 bridgehead atoms. The highest BCUT2D eigenvalue weighted by Gasteiger charge is 2.31. The van der Waals surface area contributed by atoms with Crippen molar-refractivity contribution in [1.29, 1.82) is 0 Å². The largest absolute Gasteiger partial charge is 0.481 e. The summed E-state index contributed by atoms with van der Waals surface area (Å²) in [5.74, 6) is -1.65. The predicted molar refractivity (Wildman–Crippen MR) is 99.6 cm³/mol. The molecule has 1 saturated carbocycles. The Labute approximate surface area is 157 Å². The summed E-state index contributed by atoms with van der Waals surface area (Å²) in [7, 11) is 0. The minimum Gasteiger partial charge on any atom is -0.481 e. The van der Waals surface area contributed by atoms with Gasteiger partial charge < -0.3 is 21.1 Å². The third kappa shape index (κ3) is 5.62. The first kappa shape index (κ1) is 20.0. The van der Waals surface area contributed by atoms with Crippen LogP contribution in [0.3, 0.4) is 0 Å². The average molecular weight is 382 g/mol. The smallest absolute Gasteiger partial charge is 0.319 e. The van der Waals surface area contributed by atoms with Crippen LogP contribution in [0.15, 0.2) is 18.2 Å². The maximum absolute atomic E-state index is 12.5. The zero-order valence-corrected chi connectivity index (χ0v) is 15.8. The van der Waals surface area contributed by atoms with E-state index in [2.05, 4.69) is 16.0 Å². The van der Waals surface area contributed by atoms with Gasteiger partial charge in [-0.15, -0.1) is 0 Å². The molecule has 0 spiro atoms. The molecule has 0 saturated heterocycles. The molecule has 1 fully saturated rings. The summed E-state index contributed by atoms with van der Waals surface area (Å²) < 4.78 is 0. The van der Waals surface area contributed by atoms with Crippen LogP contribution < -0.4 is 16.0 Å². The van der Waals surface area contributed by atoms with Gasteiger partial charge in [0.25, 0.3) is 5.91 Å². The van der Waals surface area contributed by atoms with Gasteiger partial charge in [0.05, 0.1) is 16.5 Å². The van der Waals surface area contributed by atoms with Gasteiger partial charge in [0.2, 0.25) is 0 Å². The Kier molecular flexibility index (Phi) is 6.13. The summed E-state index contributed by atoms with van der Waals surface area (Å²) in [5.41, 5.74) is 0.287. The topological polar surface area (TPSA) is 108 Å². The maximum Gasteiger partial charge on any atom is 0.319 e. The number of carbonyl (C=O) groups is 3. The first-order chi connectivity index (χ1) is 12.0. The third-order valence-electron chi connectivity index (χ3n) is 4.07. The monoisotopic (exact) mass is 381 g/mol. The summed E-state index contributed by atoms with van der Waals surface area (Å²) in [5, 5.41) is 17.6. The van der Waals surface area contributed by atoms with Gasteiger partial charge in [-0.05, 0) is 58.2 Å². The first-order valence-corrected chi connectivity index (χ1v) is 8.85. The Morgan fingerprint density at radius 1 is 1.19 bits per heavy atom. The van der Waals surface area contributed by atoms with Gasteiger partial charge in [0, 0.05) is 17.3 Å². The van der Waals surface area contributed by atoms with Gasteiger partial charge in [0.15, 0.2) is 0 Å². The van der Waals surface area contributed by atoms with Crippen molar-refractivity contribution >= 4 is 35.2 Å². The Balaban J connectivity index is 2.03. The number of halogens is 1. The molecular formula is C18H24ClN3O4. The fraction of sp³-hybridized carbons (Fsp3) is 0.500. The molecule has 1 aliphatic rings. The van der Waals surface area contributed by atoms with E-state index < -0.39 is 11.9 Å². The van der Waals surface area contributed by atoms with Crippen molar-refractivity contribution in [2.24, 2.45) is 5.92 Å². The van der Waals surface area contributed by atoms with Crippen molar-refractivity contribution in [1.82, 2.24) is 10.6 Å².